The highest BCUT2D eigenvalue weighted by atomic mass is 32.1. The average molecular weight is 244 g/mol. The van der Waals surface area contributed by atoms with Crippen LogP contribution in [0, 0.1) is 6.92 Å². The van der Waals surface area contributed by atoms with Gasteiger partial charge >= 0.3 is 0 Å². The Bertz CT molecular complexity index is 315. The predicted octanol–water partition coefficient (Wildman–Crippen LogP) is 1.02. The van der Waals surface area contributed by atoms with Crippen LogP contribution in [-0.2, 0) is 6.54 Å². The molecule has 1 atom stereocenters. The third kappa shape index (κ3) is 4.17. The molecule has 1 aromatic heterocycles. The number of thiazole rings is 1. The molecule has 0 unspecified atom stereocenters. The van der Waals surface area contributed by atoms with Crippen LogP contribution >= 0.6 is 11.3 Å². The smallest absolute Gasteiger partial charge is 0.107 e. The van der Waals surface area contributed by atoms with Gasteiger partial charge in [0.15, 0.2) is 0 Å². The van der Waals surface area contributed by atoms with Crippen LogP contribution in [0.25, 0.3) is 0 Å². The molecule has 16 heavy (non-hydrogen) atoms. The molecule has 0 fully saturated rings. The minimum Gasteiger partial charge on any atom is -0.394 e. The third-order valence-corrected chi connectivity index (χ3v) is 3.34. The van der Waals surface area contributed by atoms with Crippen molar-refractivity contribution >= 4 is 11.3 Å². The van der Waals surface area contributed by atoms with Crippen molar-refractivity contribution in [3.8, 4) is 0 Å². The van der Waals surface area contributed by atoms with E-state index in [1.807, 2.05) is 12.3 Å². The van der Waals surface area contributed by atoms with Gasteiger partial charge in [-0.2, -0.15) is 0 Å². The molecule has 0 saturated carbocycles. The number of aliphatic hydroxyl groups excluding tert-OH is 2. The van der Waals surface area contributed by atoms with Crippen molar-refractivity contribution in [3.05, 3.63) is 16.1 Å². The maximum Gasteiger partial charge on any atom is 0.107 e. The normalized spacial score (nSPS) is 13.7. The summed E-state index contributed by atoms with van der Waals surface area (Å²) < 4.78 is 0. The summed E-state index contributed by atoms with van der Waals surface area (Å²) in [6.45, 7) is 7.14. The number of nitrogens with zero attached hydrogens (tertiary/aromatic N) is 2. The first-order valence-electron chi connectivity index (χ1n) is 5.47. The molecule has 92 valence electrons. The van der Waals surface area contributed by atoms with Gasteiger partial charge in [0, 0.05) is 23.7 Å². The molecule has 0 aliphatic carbocycles. The lowest BCUT2D eigenvalue weighted by molar-refractivity contribution is 0.0464. The van der Waals surface area contributed by atoms with Crippen molar-refractivity contribution in [1.82, 2.24) is 9.88 Å². The lowest BCUT2D eigenvalue weighted by Gasteiger charge is -2.27. The van der Waals surface area contributed by atoms with E-state index in [1.165, 1.54) is 0 Å². The van der Waals surface area contributed by atoms with Gasteiger partial charge in [-0.1, -0.05) is 0 Å². The van der Waals surface area contributed by atoms with E-state index in [1.54, 1.807) is 11.3 Å². The number of hydrogen-bond acceptors (Lipinski definition) is 5. The SMILES string of the molecule is Cc1csc(CN(C[C@H](O)CO)C(C)C)n1. The summed E-state index contributed by atoms with van der Waals surface area (Å²) in [5.41, 5.74) is 1.03. The number of aromatic nitrogens is 1. The molecule has 0 spiro atoms. The Labute approximate surface area is 101 Å². The molecule has 1 heterocycles. The molecule has 1 aromatic rings. The Morgan fingerprint density at radius 2 is 2.19 bits per heavy atom. The number of aliphatic hydroxyl groups is 2. The fourth-order valence-corrected chi connectivity index (χ4v) is 2.23. The molecular weight excluding hydrogens is 224 g/mol. The topological polar surface area (TPSA) is 56.6 Å². The Balaban J connectivity index is 2.57. The zero-order valence-electron chi connectivity index (χ0n) is 10.1. The largest absolute Gasteiger partial charge is 0.394 e. The summed E-state index contributed by atoms with van der Waals surface area (Å²) in [7, 11) is 0. The summed E-state index contributed by atoms with van der Waals surface area (Å²) in [4.78, 5) is 6.51. The Morgan fingerprint density at radius 3 is 2.62 bits per heavy atom. The van der Waals surface area contributed by atoms with E-state index >= 15 is 0 Å². The van der Waals surface area contributed by atoms with E-state index in [2.05, 4.69) is 23.7 Å². The van der Waals surface area contributed by atoms with Crippen LogP contribution in [0.5, 0.6) is 0 Å². The molecule has 4 nitrogen and oxygen atoms in total. The highest BCUT2D eigenvalue weighted by Crippen LogP contribution is 2.13. The van der Waals surface area contributed by atoms with Gasteiger partial charge in [0.25, 0.3) is 0 Å². The molecule has 1 rings (SSSR count). The summed E-state index contributed by atoms with van der Waals surface area (Å²) >= 11 is 1.63. The van der Waals surface area contributed by atoms with Gasteiger partial charge < -0.3 is 10.2 Å². The Kier molecular flexibility index (Phi) is 5.34. The van der Waals surface area contributed by atoms with Crippen LogP contribution in [0.1, 0.15) is 24.5 Å². The summed E-state index contributed by atoms with van der Waals surface area (Å²) in [5.74, 6) is 0. The molecule has 0 amide bonds. The molecule has 2 N–H and O–H groups in total. The molecule has 0 bridgehead atoms. The fraction of sp³-hybridized carbons (Fsp3) is 0.727. The van der Waals surface area contributed by atoms with Gasteiger partial charge in [-0.05, 0) is 20.8 Å². The van der Waals surface area contributed by atoms with Crippen molar-refractivity contribution in [2.75, 3.05) is 13.2 Å². The quantitative estimate of drug-likeness (QED) is 0.784. The van der Waals surface area contributed by atoms with Crippen LogP contribution in [0.4, 0.5) is 0 Å². The lowest BCUT2D eigenvalue weighted by Crippen LogP contribution is -2.38. The number of rotatable bonds is 6. The highest BCUT2D eigenvalue weighted by molar-refractivity contribution is 7.09. The minimum absolute atomic E-state index is 0.194. The molecule has 5 heteroatoms. The van der Waals surface area contributed by atoms with E-state index in [4.69, 9.17) is 5.11 Å². The maximum absolute atomic E-state index is 9.45. The molecule has 0 aliphatic rings. The van der Waals surface area contributed by atoms with Crippen LogP contribution in [0.2, 0.25) is 0 Å². The second-order valence-electron chi connectivity index (χ2n) is 4.24. The summed E-state index contributed by atoms with van der Waals surface area (Å²) in [6.07, 6.45) is -0.677. The van der Waals surface area contributed by atoms with Crippen LogP contribution in [0.15, 0.2) is 5.38 Å². The number of hydrogen-bond donors (Lipinski definition) is 2. The van der Waals surface area contributed by atoms with Crippen molar-refractivity contribution in [2.24, 2.45) is 0 Å². The van der Waals surface area contributed by atoms with Gasteiger partial charge in [0.05, 0.1) is 19.3 Å². The van der Waals surface area contributed by atoms with Crippen molar-refractivity contribution < 1.29 is 10.2 Å². The van der Waals surface area contributed by atoms with Crippen LogP contribution in [0.3, 0.4) is 0 Å². The first kappa shape index (κ1) is 13.6. The lowest BCUT2D eigenvalue weighted by atomic mass is 10.2. The average Bonchev–Trinajstić information content (AvgIpc) is 2.62. The summed E-state index contributed by atoms with van der Waals surface area (Å²) in [5, 5.41) is 21.4. The molecule has 0 radical (unpaired) electrons. The van der Waals surface area contributed by atoms with E-state index in [9.17, 15) is 5.11 Å². The second kappa shape index (κ2) is 6.30. The van der Waals surface area contributed by atoms with Gasteiger partial charge in [0.1, 0.15) is 5.01 Å². The zero-order chi connectivity index (χ0) is 12.1. The van der Waals surface area contributed by atoms with Gasteiger partial charge in [-0.15, -0.1) is 11.3 Å². The van der Waals surface area contributed by atoms with Gasteiger partial charge in [0.2, 0.25) is 0 Å². The monoisotopic (exact) mass is 244 g/mol. The maximum atomic E-state index is 9.45. The molecular formula is C11H20N2O2S. The minimum atomic E-state index is -0.677. The van der Waals surface area contributed by atoms with Crippen LogP contribution in [-0.4, -0.2) is 45.4 Å². The van der Waals surface area contributed by atoms with Crippen LogP contribution < -0.4 is 0 Å². The zero-order valence-corrected chi connectivity index (χ0v) is 10.9. The highest BCUT2D eigenvalue weighted by Gasteiger charge is 2.15. The Morgan fingerprint density at radius 1 is 1.50 bits per heavy atom. The molecule has 0 aliphatic heterocycles. The standard InChI is InChI=1S/C11H20N2O2S/c1-8(2)13(4-10(15)6-14)5-11-12-9(3)7-16-11/h7-8,10,14-15H,4-6H2,1-3H3/t10-/m0/s1. The first-order valence-corrected chi connectivity index (χ1v) is 6.35. The van der Waals surface area contributed by atoms with Gasteiger partial charge in [-0.3, -0.25) is 4.90 Å². The van der Waals surface area contributed by atoms with E-state index < -0.39 is 6.10 Å². The van der Waals surface area contributed by atoms with E-state index in [0.717, 1.165) is 17.2 Å². The van der Waals surface area contributed by atoms with E-state index in [0.29, 0.717) is 12.6 Å². The second-order valence-corrected chi connectivity index (χ2v) is 5.18. The van der Waals surface area contributed by atoms with Crippen molar-refractivity contribution in [1.29, 1.82) is 0 Å². The Hall–Kier alpha value is -0.490. The van der Waals surface area contributed by atoms with Crippen molar-refractivity contribution in [2.45, 2.75) is 39.5 Å². The third-order valence-electron chi connectivity index (χ3n) is 2.39. The van der Waals surface area contributed by atoms with E-state index in [-0.39, 0.29) is 6.61 Å². The molecule has 0 saturated heterocycles. The first-order chi connectivity index (χ1) is 7.52. The van der Waals surface area contributed by atoms with Crippen molar-refractivity contribution in [3.63, 3.8) is 0 Å². The number of aryl methyl sites for hydroxylation is 1. The van der Waals surface area contributed by atoms with Gasteiger partial charge in [-0.25, -0.2) is 4.98 Å². The summed E-state index contributed by atoms with van der Waals surface area (Å²) in [6, 6.07) is 0.324. The fourth-order valence-electron chi connectivity index (χ4n) is 1.44. The predicted molar refractivity (Wildman–Crippen MR) is 65.5 cm³/mol. The molecule has 0 aromatic carbocycles.